The standard InChI is InChI=1S/C6H15BO4/c1-5(8)4-6(2,3)11-7(9)10/h5,8-10H,4H2,1-3H3. The Balaban J connectivity index is 3.79. The van der Waals surface area contributed by atoms with Crippen molar-refractivity contribution in [2.75, 3.05) is 0 Å². The van der Waals surface area contributed by atoms with E-state index in [2.05, 4.69) is 0 Å². The fourth-order valence-electron chi connectivity index (χ4n) is 1.04. The van der Waals surface area contributed by atoms with E-state index >= 15 is 0 Å². The minimum Gasteiger partial charge on any atom is -0.402 e. The van der Waals surface area contributed by atoms with E-state index < -0.39 is 19.0 Å². The highest BCUT2D eigenvalue weighted by molar-refractivity contribution is 6.32. The molecule has 0 bridgehead atoms. The molecule has 0 aliphatic rings. The zero-order chi connectivity index (χ0) is 9.07. The van der Waals surface area contributed by atoms with E-state index in [4.69, 9.17) is 19.8 Å². The fourth-order valence-corrected chi connectivity index (χ4v) is 1.04. The first kappa shape index (κ1) is 10.9. The predicted molar refractivity (Wildman–Crippen MR) is 41.7 cm³/mol. The zero-order valence-electron chi connectivity index (χ0n) is 7.11. The summed E-state index contributed by atoms with van der Waals surface area (Å²) in [4.78, 5) is 0. The van der Waals surface area contributed by atoms with Crippen LogP contribution in [0.5, 0.6) is 0 Å². The molecular formula is C6H15BO4. The van der Waals surface area contributed by atoms with Gasteiger partial charge in [0.25, 0.3) is 0 Å². The normalized spacial score (nSPS) is 14.7. The van der Waals surface area contributed by atoms with E-state index in [9.17, 15) is 0 Å². The van der Waals surface area contributed by atoms with Gasteiger partial charge in [-0.25, -0.2) is 0 Å². The number of aliphatic hydroxyl groups is 1. The summed E-state index contributed by atoms with van der Waals surface area (Å²) in [7, 11) is -1.77. The van der Waals surface area contributed by atoms with Crippen LogP contribution in [0.4, 0.5) is 0 Å². The van der Waals surface area contributed by atoms with E-state index in [-0.39, 0.29) is 0 Å². The number of hydrogen-bond donors (Lipinski definition) is 3. The molecule has 0 aromatic heterocycles. The van der Waals surface area contributed by atoms with Gasteiger partial charge in [-0.15, -0.1) is 0 Å². The fraction of sp³-hybridized carbons (Fsp3) is 1.00. The number of rotatable bonds is 4. The molecule has 0 aliphatic carbocycles. The van der Waals surface area contributed by atoms with Crippen LogP contribution in [0.25, 0.3) is 0 Å². The molecule has 1 atom stereocenters. The van der Waals surface area contributed by atoms with Crippen molar-refractivity contribution in [1.29, 1.82) is 0 Å². The summed E-state index contributed by atoms with van der Waals surface area (Å²) in [6, 6.07) is 0. The number of hydrogen-bond acceptors (Lipinski definition) is 4. The quantitative estimate of drug-likeness (QED) is 0.488. The Bertz CT molecular complexity index is 101. The lowest BCUT2D eigenvalue weighted by Crippen LogP contribution is -2.36. The lowest BCUT2D eigenvalue weighted by molar-refractivity contribution is 0.00962. The highest BCUT2D eigenvalue weighted by atomic mass is 16.6. The van der Waals surface area contributed by atoms with Gasteiger partial charge < -0.3 is 19.8 Å². The summed E-state index contributed by atoms with van der Waals surface area (Å²) in [5.74, 6) is 0. The molecule has 0 heterocycles. The molecule has 0 aromatic carbocycles. The number of aliphatic hydroxyl groups excluding tert-OH is 1. The largest absolute Gasteiger partial charge is 0.634 e. The van der Waals surface area contributed by atoms with Gasteiger partial charge in [0.15, 0.2) is 0 Å². The second-order valence-corrected chi connectivity index (χ2v) is 3.26. The summed E-state index contributed by atoms with van der Waals surface area (Å²) >= 11 is 0. The van der Waals surface area contributed by atoms with E-state index in [1.54, 1.807) is 20.8 Å². The van der Waals surface area contributed by atoms with Crippen molar-refractivity contribution in [3.8, 4) is 0 Å². The molecule has 0 radical (unpaired) electrons. The Morgan fingerprint density at radius 1 is 1.45 bits per heavy atom. The molecule has 0 aliphatic heterocycles. The van der Waals surface area contributed by atoms with Crippen LogP contribution in [0.3, 0.4) is 0 Å². The van der Waals surface area contributed by atoms with Gasteiger partial charge in [-0.2, -0.15) is 0 Å². The predicted octanol–water partition coefficient (Wildman–Crippen LogP) is -0.478. The van der Waals surface area contributed by atoms with Crippen LogP contribution in [0.2, 0.25) is 0 Å². The molecule has 5 heteroatoms. The first-order chi connectivity index (χ1) is 4.83. The molecule has 0 aromatic rings. The molecular weight excluding hydrogens is 147 g/mol. The van der Waals surface area contributed by atoms with Crippen LogP contribution < -0.4 is 0 Å². The Morgan fingerprint density at radius 2 is 1.91 bits per heavy atom. The van der Waals surface area contributed by atoms with Gasteiger partial charge in [0.2, 0.25) is 0 Å². The van der Waals surface area contributed by atoms with Gasteiger partial charge in [-0.1, -0.05) is 0 Å². The molecule has 0 amide bonds. The summed E-state index contributed by atoms with van der Waals surface area (Å²) in [5.41, 5.74) is -0.706. The molecule has 0 rings (SSSR count). The molecule has 11 heavy (non-hydrogen) atoms. The van der Waals surface area contributed by atoms with Crippen LogP contribution in [0.1, 0.15) is 27.2 Å². The monoisotopic (exact) mass is 162 g/mol. The first-order valence-corrected chi connectivity index (χ1v) is 3.55. The maximum atomic E-state index is 8.96. The zero-order valence-corrected chi connectivity index (χ0v) is 7.11. The highest BCUT2D eigenvalue weighted by Crippen LogP contribution is 2.16. The Hall–Kier alpha value is -0.0951. The second kappa shape index (κ2) is 4.06. The molecule has 0 saturated heterocycles. The van der Waals surface area contributed by atoms with E-state index in [0.29, 0.717) is 6.42 Å². The molecule has 0 saturated carbocycles. The van der Waals surface area contributed by atoms with E-state index in [1.807, 2.05) is 0 Å². The maximum absolute atomic E-state index is 8.96. The van der Waals surface area contributed by atoms with Gasteiger partial charge in [0.05, 0.1) is 11.7 Å². The third-order valence-corrected chi connectivity index (χ3v) is 1.21. The third-order valence-electron chi connectivity index (χ3n) is 1.21. The van der Waals surface area contributed by atoms with E-state index in [0.717, 1.165) is 0 Å². The minimum atomic E-state index is -1.77. The molecule has 3 N–H and O–H groups in total. The van der Waals surface area contributed by atoms with Crippen LogP contribution in [-0.4, -0.2) is 34.2 Å². The third kappa shape index (κ3) is 6.31. The Labute approximate surface area is 67.0 Å². The van der Waals surface area contributed by atoms with E-state index in [1.165, 1.54) is 0 Å². The van der Waals surface area contributed by atoms with Crippen LogP contribution in [0, 0.1) is 0 Å². The summed E-state index contributed by atoms with van der Waals surface area (Å²) in [6.07, 6.45) is -0.145. The molecule has 0 fully saturated rings. The Kier molecular flexibility index (Phi) is 4.03. The van der Waals surface area contributed by atoms with Gasteiger partial charge >= 0.3 is 7.32 Å². The highest BCUT2D eigenvalue weighted by Gasteiger charge is 2.26. The van der Waals surface area contributed by atoms with Crippen molar-refractivity contribution in [3.63, 3.8) is 0 Å². The first-order valence-electron chi connectivity index (χ1n) is 3.55. The topological polar surface area (TPSA) is 69.9 Å². The lowest BCUT2D eigenvalue weighted by Gasteiger charge is -2.26. The SMILES string of the molecule is CC(O)CC(C)(C)OB(O)O. The summed E-state index contributed by atoms with van der Waals surface area (Å²) in [5, 5.41) is 25.9. The lowest BCUT2D eigenvalue weighted by atomic mass is 9.99. The van der Waals surface area contributed by atoms with Crippen molar-refractivity contribution in [2.45, 2.75) is 38.9 Å². The summed E-state index contributed by atoms with van der Waals surface area (Å²) in [6.45, 7) is 4.98. The van der Waals surface area contributed by atoms with Gasteiger partial charge in [-0.05, 0) is 20.8 Å². The second-order valence-electron chi connectivity index (χ2n) is 3.26. The minimum absolute atomic E-state index is 0.366. The Morgan fingerprint density at radius 3 is 2.18 bits per heavy atom. The van der Waals surface area contributed by atoms with Gasteiger partial charge in [-0.3, -0.25) is 0 Å². The average molecular weight is 162 g/mol. The van der Waals surface area contributed by atoms with Crippen molar-refractivity contribution >= 4 is 7.32 Å². The van der Waals surface area contributed by atoms with Crippen molar-refractivity contribution in [1.82, 2.24) is 0 Å². The molecule has 1 unspecified atom stereocenters. The van der Waals surface area contributed by atoms with Gasteiger partial charge in [0, 0.05) is 6.42 Å². The average Bonchev–Trinajstić information content (AvgIpc) is 1.53. The van der Waals surface area contributed by atoms with Gasteiger partial charge in [0.1, 0.15) is 0 Å². The van der Waals surface area contributed by atoms with Crippen LogP contribution in [-0.2, 0) is 4.65 Å². The summed E-state index contributed by atoms with van der Waals surface area (Å²) < 4.78 is 4.70. The van der Waals surface area contributed by atoms with Crippen molar-refractivity contribution in [2.24, 2.45) is 0 Å². The molecule has 4 nitrogen and oxygen atoms in total. The maximum Gasteiger partial charge on any atom is 0.634 e. The van der Waals surface area contributed by atoms with Crippen LogP contribution >= 0.6 is 0 Å². The molecule has 0 spiro atoms. The smallest absolute Gasteiger partial charge is 0.402 e. The van der Waals surface area contributed by atoms with Crippen molar-refractivity contribution < 1.29 is 19.8 Å². The van der Waals surface area contributed by atoms with Crippen LogP contribution in [0.15, 0.2) is 0 Å². The van der Waals surface area contributed by atoms with Crippen molar-refractivity contribution in [3.05, 3.63) is 0 Å². The molecule has 66 valence electrons.